The third-order valence-electron chi connectivity index (χ3n) is 3.54. The molecule has 0 amide bonds. The summed E-state index contributed by atoms with van der Waals surface area (Å²) in [5, 5.41) is 25.1. The summed E-state index contributed by atoms with van der Waals surface area (Å²) in [7, 11) is 0. The first-order chi connectivity index (χ1) is 12.8. The number of imidazole rings is 1. The summed E-state index contributed by atoms with van der Waals surface area (Å²) < 4.78 is 13.6. The topological polar surface area (TPSA) is 131 Å². The van der Waals surface area contributed by atoms with Gasteiger partial charge in [0.1, 0.15) is 6.10 Å². The number of carboxylic acid groups (broad SMARTS) is 2. The van der Waals surface area contributed by atoms with Crippen molar-refractivity contribution in [2.45, 2.75) is 18.4 Å². The third kappa shape index (κ3) is 5.41. The molecule has 11 heteroatoms. The number of aliphatic carboxylic acids is 2. The van der Waals surface area contributed by atoms with Crippen molar-refractivity contribution in [1.29, 1.82) is 0 Å². The van der Waals surface area contributed by atoms with Crippen molar-refractivity contribution in [3.05, 3.63) is 52.5 Å². The van der Waals surface area contributed by atoms with Crippen LogP contribution in [0.1, 0.15) is 5.56 Å². The number of nitrogens with zero attached hydrogens (tertiary/aromatic N) is 2. The van der Waals surface area contributed by atoms with Gasteiger partial charge in [-0.15, -0.1) is 0 Å². The van der Waals surface area contributed by atoms with Crippen LogP contribution in [-0.4, -0.2) is 56.1 Å². The molecular weight excluding hydrogens is 403 g/mol. The zero-order valence-electron chi connectivity index (χ0n) is 13.8. The maximum absolute atomic E-state index is 9.31. The van der Waals surface area contributed by atoms with Crippen LogP contribution in [0.4, 0.5) is 0 Å². The minimum Gasteiger partial charge on any atom is -0.473 e. The summed E-state index contributed by atoms with van der Waals surface area (Å²) in [6, 6.07) is 5.16. The lowest BCUT2D eigenvalue weighted by molar-refractivity contribution is -0.189. The van der Waals surface area contributed by atoms with E-state index in [0.717, 1.165) is 0 Å². The third-order valence-corrected chi connectivity index (χ3v) is 4.09. The van der Waals surface area contributed by atoms with Gasteiger partial charge >= 0.3 is 11.9 Å². The Labute approximate surface area is 163 Å². The summed E-state index contributed by atoms with van der Waals surface area (Å²) in [4.78, 5) is 22.2. The first kappa shape index (κ1) is 21.1. The molecule has 0 aliphatic carbocycles. The zero-order chi connectivity index (χ0) is 20.0. The summed E-state index contributed by atoms with van der Waals surface area (Å²) >= 11 is 12.2. The molecule has 2 atom stereocenters. The zero-order valence-corrected chi connectivity index (χ0v) is 15.3. The molecule has 0 spiro atoms. The molecule has 0 saturated carbocycles. The number of rotatable bonds is 4. The highest BCUT2D eigenvalue weighted by Crippen LogP contribution is 2.40. The number of hydrogen-bond donors (Lipinski definition) is 3. The van der Waals surface area contributed by atoms with E-state index in [9.17, 15) is 5.11 Å². The van der Waals surface area contributed by atoms with E-state index < -0.39 is 17.7 Å². The number of hydrogen-bond acceptors (Lipinski definition) is 6. The highest BCUT2D eigenvalue weighted by molar-refractivity contribution is 6.35. The van der Waals surface area contributed by atoms with E-state index in [2.05, 4.69) is 4.98 Å². The van der Waals surface area contributed by atoms with Crippen LogP contribution in [0.5, 0.6) is 0 Å². The quantitative estimate of drug-likeness (QED) is 0.637. The second kappa shape index (κ2) is 9.16. The SMILES string of the molecule is O=C(O)C(=O)O.OCC1COC(Cn2ccnc2)(c2ccc(Cl)cc2Cl)O1. The van der Waals surface area contributed by atoms with Gasteiger partial charge in [-0.25, -0.2) is 14.6 Å². The molecule has 1 fully saturated rings. The smallest absolute Gasteiger partial charge is 0.414 e. The largest absolute Gasteiger partial charge is 0.473 e. The highest BCUT2D eigenvalue weighted by atomic mass is 35.5. The average molecular weight is 419 g/mol. The van der Waals surface area contributed by atoms with Crippen molar-refractivity contribution in [2.75, 3.05) is 13.2 Å². The average Bonchev–Trinajstić information content (AvgIpc) is 3.26. The lowest BCUT2D eigenvalue weighted by Crippen LogP contribution is -2.34. The van der Waals surface area contributed by atoms with E-state index in [1.54, 1.807) is 30.7 Å². The molecular formula is C16H16Cl2N2O7. The molecule has 0 bridgehead atoms. The van der Waals surface area contributed by atoms with Crippen LogP contribution < -0.4 is 0 Å². The normalized spacial score (nSPS) is 21.4. The van der Waals surface area contributed by atoms with Crippen LogP contribution in [0, 0.1) is 0 Å². The Morgan fingerprint density at radius 3 is 2.48 bits per heavy atom. The van der Waals surface area contributed by atoms with Crippen molar-refractivity contribution in [1.82, 2.24) is 9.55 Å². The van der Waals surface area contributed by atoms with Gasteiger partial charge in [0.05, 0.1) is 31.1 Å². The van der Waals surface area contributed by atoms with Crippen LogP contribution in [0.2, 0.25) is 10.0 Å². The molecule has 1 aromatic heterocycles. The Bertz CT molecular complexity index is 788. The van der Waals surface area contributed by atoms with Gasteiger partial charge in [0.15, 0.2) is 0 Å². The fraction of sp³-hybridized carbons (Fsp3) is 0.312. The monoisotopic (exact) mass is 418 g/mol. The van der Waals surface area contributed by atoms with Crippen molar-refractivity contribution in [2.24, 2.45) is 0 Å². The molecule has 2 aromatic rings. The molecule has 1 aliphatic rings. The molecule has 1 aromatic carbocycles. The first-order valence-electron chi connectivity index (χ1n) is 7.57. The van der Waals surface area contributed by atoms with Crippen LogP contribution in [0.15, 0.2) is 36.9 Å². The Balaban J connectivity index is 0.000000380. The molecule has 1 aliphatic heterocycles. The van der Waals surface area contributed by atoms with Crippen LogP contribution >= 0.6 is 23.2 Å². The fourth-order valence-electron chi connectivity index (χ4n) is 2.38. The number of aliphatic hydroxyl groups excluding tert-OH is 1. The summed E-state index contributed by atoms with van der Waals surface area (Å²) in [6.45, 7) is 0.561. The maximum Gasteiger partial charge on any atom is 0.414 e. The second-order valence-corrected chi connectivity index (χ2v) is 6.30. The first-order valence-corrected chi connectivity index (χ1v) is 8.33. The standard InChI is InChI=1S/C14H14Cl2N2O3.C2H2O4/c15-10-1-2-12(13(16)5-10)14(8-18-4-3-17-9-18)20-7-11(6-19)21-14;3-1(4)2(5)6/h1-5,9,11,19H,6-8H2;(H,3,4)(H,5,6). The molecule has 3 rings (SSSR count). The van der Waals surface area contributed by atoms with E-state index in [1.165, 1.54) is 0 Å². The number of ether oxygens (including phenoxy) is 2. The summed E-state index contributed by atoms with van der Waals surface area (Å²) in [5.41, 5.74) is 0.679. The van der Waals surface area contributed by atoms with Crippen LogP contribution in [-0.2, 0) is 31.4 Å². The van der Waals surface area contributed by atoms with E-state index in [4.69, 9.17) is 52.5 Å². The predicted molar refractivity (Wildman–Crippen MR) is 93.5 cm³/mol. The number of carboxylic acids is 2. The Hall–Kier alpha value is -2.17. The minimum atomic E-state index is -1.82. The number of halogens is 2. The molecule has 27 heavy (non-hydrogen) atoms. The number of benzene rings is 1. The van der Waals surface area contributed by atoms with Gasteiger partial charge in [-0.1, -0.05) is 29.3 Å². The number of aliphatic hydroxyl groups is 1. The van der Waals surface area contributed by atoms with E-state index in [-0.39, 0.29) is 12.7 Å². The van der Waals surface area contributed by atoms with E-state index in [1.807, 2.05) is 10.8 Å². The minimum absolute atomic E-state index is 0.114. The van der Waals surface area contributed by atoms with Gasteiger partial charge in [-0.2, -0.15) is 0 Å². The predicted octanol–water partition coefficient (Wildman–Crippen LogP) is 1.61. The molecule has 9 nitrogen and oxygen atoms in total. The molecule has 2 unspecified atom stereocenters. The van der Waals surface area contributed by atoms with Gasteiger partial charge in [0.25, 0.3) is 0 Å². The van der Waals surface area contributed by atoms with Gasteiger partial charge in [-0.3, -0.25) is 0 Å². The highest BCUT2D eigenvalue weighted by Gasteiger charge is 2.44. The van der Waals surface area contributed by atoms with Crippen molar-refractivity contribution < 1.29 is 34.4 Å². The van der Waals surface area contributed by atoms with Gasteiger partial charge in [-0.05, 0) is 12.1 Å². The van der Waals surface area contributed by atoms with Gasteiger partial charge in [0, 0.05) is 23.0 Å². The molecule has 146 valence electrons. The lowest BCUT2D eigenvalue weighted by Gasteiger charge is -2.29. The molecule has 2 heterocycles. The summed E-state index contributed by atoms with van der Waals surface area (Å²) in [5.74, 6) is -4.71. The lowest BCUT2D eigenvalue weighted by atomic mass is 10.1. The number of aromatic nitrogens is 2. The Morgan fingerprint density at radius 2 is 2.00 bits per heavy atom. The van der Waals surface area contributed by atoms with E-state index in [0.29, 0.717) is 28.8 Å². The van der Waals surface area contributed by atoms with Crippen molar-refractivity contribution in [3.8, 4) is 0 Å². The molecule has 1 saturated heterocycles. The summed E-state index contributed by atoms with van der Waals surface area (Å²) in [6.07, 6.45) is 4.77. The van der Waals surface area contributed by atoms with Crippen LogP contribution in [0.25, 0.3) is 0 Å². The Morgan fingerprint density at radius 1 is 1.30 bits per heavy atom. The van der Waals surface area contributed by atoms with Gasteiger partial charge < -0.3 is 29.4 Å². The van der Waals surface area contributed by atoms with Gasteiger partial charge in [0.2, 0.25) is 5.79 Å². The fourth-order valence-corrected chi connectivity index (χ4v) is 2.94. The second-order valence-electron chi connectivity index (χ2n) is 5.46. The molecule has 0 radical (unpaired) electrons. The van der Waals surface area contributed by atoms with Crippen molar-refractivity contribution in [3.63, 3.8) is 0 Å². The molecule has 3 N–H and O–H groups in total. The Kier molecular flexibility index (Phi) is 7.17. The van der Waals surface area contributed by atoms with E-state index >= 15 is 0 Å². The maximum atomic E-state index is 9.31. The van der Waals surface area contributed by atoms with Crippen molar-refractivity contribution >= 4 is 35.1 Å². The van der Waals surface area contributed by atoms with Crippen LogP contribution in [0.3, 0.4) is 0 Å². The number of carbonyl (C=O) groups is 2.